The molecule has 0 aliphatic carbocycles. The number of thioether (sulfide) groups is 1. The Balaban J connectivity index is 1.66. The molecule has 0 aliphatic heterocycles. The van der Waals surface area contributed by atoms with Crippen molar-refractivity contribution >= 4 is 28.6 Å². The number of amidine groups is 1. The van der Waals surface area contributed by atoms with Crippen LogP contribution in [0, 0.1) is 5.82 Å². The number of aromatic nitrogens is 3. The number of nitrogens with two attached hydrogens (primary N) is 2. The van der Waals surface area contributed by atoms with Crippen LogP contribution in [0.2, 0.25) is 0 Å². The largest absolute Gasteiger partial charge is 0.419 e. The zero-order chi connectivity index (χ0) is 35.7. The molecule has 2 aromatic carbocycles. The van der Waals surface area contributed by atoms with Gasteiger partial charge in [0.2, 0.25) is 0 Å². The molecule has 0 aliphatic rings. The van der Waals surface area contributed by atoms with Gasteiger partial charge in [0.05, 0.1) is 29.4 Å². The van der Waals surface area contributed by atoms with Crippen molar-refractivity contribution in [2.75, 3.05) is 33.1 Å². The van der Waals surface area contributed by atoms with Crippen molar-refractivity contribution in [2.24, 2.45) is 16.5 Å². The van der Waals surface area contributed by atoms with E-state index in [-0.39, 0.29) is 35.4 Å². The van der Waals surface area contributed by atoms with Crippen LogP contribution < -0.4 is 22.5 Å². The molecule has 2 atom stereocenters. The molecule has 0 radical (unpaired) electrons. The third-order valence-corrected chi connectivity index (χ3v) is 8.99. The number of aliphatic imine (C=N–C) groups is 1. The van der Waals surface area contributed by atoms with Crippen LogP contribution in [0.15, 0.2) is 57.3 Å². The van der Waals surface area contributed by atoms with Crippen LogP contribution in [0.25, 0.3) is 28.0 Å². The zero-order valence-electron chi connectivity index (χ0n) is 28.3. The summed E-state index contributed by atoms with van der Waals surface area (Å²) in [6.07, 6.45) is 2.66. The standard InChI is InChI=1S/C35H45F4N7O2S/c1-5-8-29(43-14-7-13-42-21(2)40)26-12-11-25(18-31(26)49-4)46-19-23-17-30(44-33(23)45-34(46)47)27-15-22(9-6-10-24(41)20-48-3)16-28(32(27)36)35(37,38)39/h11-12,15-19,24,29,43H,5-10,13-14,20,41H2,1-4H3,(H2,40,42)(H,44,45,47). The third kappa shape index (κ3) is 9.93. The van der Waals surface area contributed by atoms with Crippen molar-refractivity contribution in [1.82, 2.24) is 19.9 Å². The fourth-order valence-corrected chi connectivity index (χ4v) is 6.51. The first-order valence-electron chi connectivity index (χ1n) is 16.3. The second-order valence-electron chi connectivity index (χ2n) is 12.1. The molecule has 0 saturated carbocycles. The molecule has 0 bridgehead atoms. The quantitative estimate of drug-likeness (QED) is 0.0314. The predicted octanol–water partition coefficient (Wildman–Crippen LogP) is 6.76. The van der Waals surface area contributed by atoms with Crippen LogP contribution in [0.5, 0.6) is 0 Å². The molecule has 6 N–H and O–H groups in total. The normalized spacial score (nSPS) is 13.7. The Labute approximate surface area is 287 Å². The first-order chi connectivity index (χ1) is 23.4. The van der Waals surface area contributed by atoms with E-state index >= 15 is 4.39 Å². The average molecular weight is 704 g/mol. The minimum absolute atomic E-state index is 0.0848. The molecule has 0 amide bonds. The lowest BCUT2D eigenvalue weighted by molar-refractivity contribution is -0.140. The number of halogens is 4. The van der Waals surface area contributed by atoms with Crippen molar-refractivity contribution in [1.29, 1.82) is 0 Å². The fraction of sp³-hybridized carbons (Fsp3) is 0.457. The topological polar surface area (TPSA) is 136 Å². The van der Waals surface area contributed by atoms with E-state index in [1.54, 1.807) is 24.9 Å². The van der Waals surface area contributed by atoms with Gasteiger partial charge in [0.25, 0.3) is 0 Å². The van der Waals surface area contributed by atoms with E-state index in [1.165, 1.54) is 23.8 Å². The fourth-order valence-electron chi connectivity index (χ4n) is 5.83. The van der Waals surface area contributed by atoms with Crippen LogP contribution in [0.1, 0.15) is 68.7 Å². The number of hydrogen-bond donors (Lipinski definition) is 4. The molecule has 4 rings (SSSR count). The molecule has 49 heavy (non-hydrogen) atoms. The second kappa shape index (κ2) is 17.3. The van der Waals surface area contributed by atoms with Crippen molar-refractivity contribution < 1.29 is 22.3 Å². The second-order valence-corrected chi connectivity index (χ2v) is 12.9. The summed E-state index contributed by atoms with van der Waals surface area (Å²) < 4.78 is 63.6. The third-order valence-electron chi connectivity index (χ3n) is 8.19. The van der Waals surface area contributed by atoms with E-state index < -0.39 is 23.2 Å². The highest BCUT2D eigenvalue weighted by Gasteiger charge is 2.36. The Bertz CT molecular complexity index is 1800. The van der Waals surface area contributed by atoms with Crippen LogP contribution in [0.3, 0.4) is 0 Å². The summed E-state index contributed by atoms with van der Waals surface area (Å²) in [5, 5.41) is 4.06. The molecule has 0 spiro atoms. The maximum atomic E-state index is 15.4. The van der Waals surface area contributed by atoms with E-state index in [2.05, 4.69) is 27.2 Å². The van der Waals surface area contributed by atoms with Gasteiger partial charge in [0.1, 0.15) is 11.5 Å². The van der Waals surface area contributed by atoms with Gasteiger partial charge in [-0.3, -0.25) is 9.56 Å². The van der Waals surface area contributed by atoms with E-state index in [4.69, 9.17) is 16.2 Å². The molecule has 2 aromatic heterocycles. The van der Waals surface area contributed by atoms with Crippen LogP contribution in [-0.2, 0) is 17.3 Å². The molecule has 2 heterocycles. The number of aryl methyl sites for hydroxylation is 1. The highest BCUT2D eigenvalue weighted by Crippen LogP contribution is 2.38. The molecule has 266 valence electrons. The van der Waals surface area contributed by atoms with E-state index in [0.717, 1.165) is 42.3 Å². The smallest absolute Gasteiger partial charge is 0.388 e. The number of H-pyrrole nitrogens is 1. The molecule has 4 aromatic rings. The van der Waals surface area contributed by atoms with Crippen LogP contribution in [-0.4, -0.2) is 59.5 Å². The number of fused-ring (bicyclic) bond motifs is 1. The van der Waals surface area contributed by atoms with E-state index in [0.29, 0.717) is 48.5 Å². The molecule has 2 unspecified atom stereocenters. The number of aromatic amines is 1. The van der Waals surface area contributed by atoms with Gasteiger partial charge in [-0.1, -0.05) is 19.4 Å². The number of methoxy groups -OCH3 is 1. The molecule has 0 fully saturated rings. The Morgan fingerprint density at radius 3 is 2.63 bits per heavy atom. The van der Waals surface area contributed by atoms with Crippen molar-refractivity contribution in [2.45, 2.75) is 75.5 Å². The van der Waals surface area contributed by atoms with Crippen LogP contribution in [0.4, 0.5) is 17.6 Å². The summed E-state index contributed by atoms with van der Waals surface area (Å²) in [4.78, 5) is 25.5. The van der Waals surface area contributed by atoms with E-state index in [1.807, 2.05) is 24.5 Å². The zero-order valence-corrected chi connectivity index (χ0v) is 29.1. The Kier molecular flexibility index (Phi) is 13.4. The number of ether oxygens (including phenoxy) is 1. The average Bonchev–Trinajstić information content (AvgIpc) is 3.46. The summed E-state index contributed by atoms with van der Waals surface area (Å²) in [6.45, 7) is 5.64. The lowest BCUT2D eigenvalue weighted by Gasteiger charge is -2.22. The maximum Gasteiger partial charge on any atom is 0.419 e. The predicted molar refractivity (Wildman–Crippen MR) is 189 cm³/mol. The summed E-state index contributed by atoms with van der Waals surface area (Å²) in [5.74, 6) is -0.834. The molecular formula is C35H45F4N7O2S. The van der Waals surface area contributed by atoms with Gasteiger partial charge < -0.3 is 26.5 Å². The Morgan fingerprint density at radius 1 is 1.18 bits per heavy atom. The van der Waals surface area contributed by atoms with Gasteiger partial charge in [-0.15, -0.1) is 11.8 Å². The van der Waals surface area contributed by atoms with Gasteiger partial charge in [0, 0.05) is 47.8 Å². The van der Waals surface area contributed by atoms with Gasteiger partial charge in [-0.05, 0) is 93.3 Å². The molecular weight excluding hydrogens is 658 g/mol. The monoisotopic (exact) mass is 703 g/mol. The Hall–Kier alpha value is -3.72. The Morgan fingerprint density at radius 2 is 1.96 bits per heavy atom. The highest BCUT2D eigenvalue weighted by molar-refractivity contribution is 7.98. The minimum Gasteiger partial charge on any atom is -0.388 e. The highest BCUT2D eigenvalue weighted by atomic mass is 32.2. The number of rotatable bonds is 17. The molecule has 14 heteroatoms. The van der Waals surface area contributed by atoms with Crippen molar-refractivity contribution in [3.63, 3.8) is 0 Å². The number of benzene rings is 2. The van der Waals surface area contributed by atoms with Crippen molar-refractivity contribution in [3.8, 4) is 16.9 Å². The van der Waals surface area contributed by atoms with Gasteiger partial charge in [0.15, 0.2) is 0 Å². The van der Waals surface area contributed by atoms with Gasteiger partial charge in [-0.25, -0.2) is 9.18 Å². The van der Waals surface area contributed by atoms with Crippen molar-refractivity contribution in [3.05, 3.63) is 75.6 Å². The summed E-state index contributed by atoms with van der Waals surface area (Å²) in [5.41, 5.74) is 11.7. The lowest BCUT2D eigenvalue weighted by atomic mass is 9.98. The van der Waals surface area contributed by atoms with Crippen LogP contribution >= 0.6 is 11.8 Å². The first-order valence-corrected chi connectivity index (χ1v) is 17.5. The summed E-state index contributed by atoms with van der Waals surface area (Å²) in [7, 11) is 1.53. The maximum absolute atomic E-state index is 15.4. The lowest BCUT2D eigenvalue weighted by Crippen LogP contribution is -2.25. The number of nitrogens with one attached hydrogen (secondary N) is 2. The number of hydrogen-bond acceptors (Lipinski definition) is 7. The summed E-state index contributed by atoms with van der Waals surface area (Å²) >= 11 is 1.57. The first kappa shape index (κ1) is 38.1. The number of alkyl halides is 3. The number of nitrogens with zero attached hydrogens (tertiary/aromatic N) is 3. The minimum atomic E-state index is -4.90. The molecule has 9 nitrogen and oxygen atoms in total. The SMILES string of the molecule is CCCC(NCCCN=C(C)N)c1ccc(-n2cc3cc(-c4cc(CCCC(N)COC)cc(C(F)(F)F)c4F)[nH]c3nc2=O)cc1SC. The van der Waals surface area contributed by atoms with Gasteiger partial charge >= 0.3 is 11.9 Å². The molecule has 0 saturated heterocycles. The van der Waals surface area contributed by atoms with Gasteiger partial charge in [-0.2, -0.15) is 18.2 Å². The summed E-state index contributed by atoms with van der Waals surface area (Å²) in [6, 6.07) is 9.37. The van der Waals surface area contributed by atoms with E-state index in [9.17, 15) is 18.0 Å².